The first-order valence-corrected chi connectivity index (χ1v) is 5.05. The van der Waals surface area contributed by atoms with Crippen LogP contribution >= 0.6 is 0 Å². The lowest BCUT2D eigenvalue weighted by Crippen LogP contribution is -2.01. The molecule has 0 aliphatic heterocycles. The van der Waals surface area contributed by atoms with Crippen LogP contribution in [0.3, 0.4) is 0 Å². The quantitative estimate of drug-likeness (QED) is 0.883. The molecule has 2 aromatic rings. The SMILES string of the molecule is COc1ccc2c(C(=O)O)c(OC)ccc2c1. The minimum Gasteiger partial charge on any atom is -0.497 e. The van der Waals surface area contributed by atoms with E-state index in [1.54, 1.807) is 31.4 Å². The number of carbonyl (C=O) groups is 1. The number of benzene rings is 2. The van der Waals surface area contributed by atoms with Crippen molar-refractivity contribution in [1.29, 1.82) is 0 Å². The van der Waals surface area contributed by atoms with Crippen LogP contribution in [0.25, 0.3) is 10.8 Å². The number of aromatic carboxylic acids is 1. The van der Waals surface area contributed by atoms with Gasteiger partial charge < -0.3 is 14.6 Å². The van der Waals surface area contributed by atoms with Crippen LogP contribution in [0.1, 0.15) is 10.4 Å². The molecule has 0 fully saturated rings. The van der Waals surface area contributed by atoms with E-state index in [1.165, 1.54) is 7.11 Å². The lowest BCUT2D eigenvalue weighted by Gasteiger charge is -2.09. The number of hydrogen-bond acceptors (Lipinski definition) is 3. The predicted molar refractivity (Wildman–Crippen MR) is 64.0 cm³/mol. The molecule has 0 amide bonds. The van der Waals surface area contributed by atoms with E-state index in [-0.39, 0.29) is 5.56 Å². The summed E-state index contributed by atoms with van der Waals surface area (Å²) in [5, 5.41) is 10.7. The summed E-state index contributed by atoms with van der Waals surface area (Å²) in [6, 6.07) is 8.70. The van der Waals surface area contributed by atoms with E-state index in [1.807, 2.05) is 6.07 Å². The molecule has 17 heavy (non-hydrogen) atoms. The second-order valence-corrected chi connectivity index (χ2v) is 3.54. The number of fused-ring (bicyclic) bond motifs is 1. The van der Waals surface area contributed by atoms with Gasteiger partial charge in [-0.05, 0) is 29.7 Å². The van der Waals surface area contributed by atoms with E-state index < -0.39 is 5.97 Å². The van der Waals surface area contributed by atoms with E-state index in [0.29, 0.717) is 16.9 Å². The van der Waals surface area contributed by atoms with Gasteiger partial charge in [-0.25, -0.2) is 4.79 Å². The first-order chi connectivity index (χ1) is 8.17. The normalized spacial score (nSPS) is 10.2. The van der Waals surface area contributed by atoms with Crippen molar-refractivity contribution in [3.8, 4) is 11.5 Å². The van der Waals surface area contributed by atoms with Crippen LogP contribution in [0.4, 0.5) is 0 Å². The lowest BCUT2D eigenvalue weighted by molar-refractivity contribution is 0.0695. The molecule has 0 aliphatic rings. The molecule has 2 aromatic carbocycles. The summed E-state index contributed by atoms with van der Waals surface area (Å²) >= 11 is 0. The Labute approximate surface area is 98.4 Å². The van der Waals surface area contributed by atoms with Crippen molar-refractivity contribution in [1.82, 2.24) is 0 Å². The van der Waals surface area contributed by atoms with Crippen LogP contribution in [0, 0.1) is 0 Å². The fourth-order valence-electron chi connectivity index (χ4n) is 1.81. The largest absolute Gasteiger partial charge is 0.497 e. The Morgan fingerprint density at radius 1 is 1.12 bits per heavy atom. The molecule has 4 nitrogen and oxygen atoms in total. The van der Waals surface area contributed by atoms with Crippen LogP contribution < -0.4 is 9.47 Å². The Hall–Kier alpha value is -2.23. The van der Waals surface area contributed by atoms with Crippen LogP contribution in [0.15, 0.2) is 30.3 Å². The molecule has 0 bridgehead atoms. The number of rotatable bonds is 3. The Balaban J connectivity index is 2.77. The second kappa shape index (κ2) is 4.33. The monoisotopic (exact) mass is 232 g/mol. The fraction of sp³-hybridized carbons (Fsp3) is 0.154. The maximum absolute atomic E-state index is 11.2. The zero-order valence-electron chi connectivity index (χ0n) is 9.56. The highest BCUT2D eigenvalue weighted by Gasteiger charge is 2.15. The molecule has 0 atom stereocenters. The van der Waals surface area contributed by atoms with Crippen LogP contribution in [-0.2, 0) is 0 Å². The molecule has 88 valence electrons. The lowest BCUT2D eigenvalue weighted by atomic mass is 10.0. The molecule has 4 heteroatoms. The zero-order chi connectivity index (χ0) is 12.4. The molecule has 0 radical (unpaired) electrons. The number of hydrogen-bond donors (Lipinski definition) is 1. The average Bonchev–Trinajstić information content (AvgIpc) is 2.36. The first kappa shape index (κ1) is 11.3. The third-order valence-electron chi connectivity index (χ3n) is 2.62. The van der Waals surface area contributed by atoms with Gasteiger partial charge in [-0.3, -0.25) is 0 Å². The summed E-state index contributed by atoms with van der Waals surface area (Å²) in [4.78, 5) is 11.2. The van der Waals surface area contributed by atoms with Crippen molar-refractivity contribution < 1.29 is 19.4 Å². The van der Waals surface area contributed by atoms with Crippen molar-refractivity contribution in [2.24, 2.45) is 0 Å². The Morgan fingerprint density at radius 2 is 1.88 bits per heavy atom. The highest BCUT2D eigenvalue weighted by atomic mass is 16.5. The van der Waals surface area contributed by atoms with Gasteiger partial charge in [0.05, 0.1) is 14.2 Å². The van der Waals surface area contributed by atoms with E-state index in [9.17, 15) is 9.90 Å². The molecule has 0 unspecified atom stereocenters. The topological polar surface area (TPSA) is 55.8 Å². The Morgan fingerprint density at radius 3 is 2.47 bits per heavy atom. The maximum Gasteiger partial charge on any atom is 0.340 e. The van der Waals surface area contributed by atoms with Crippen LogP contribution in [0.2, 0.25) is 0 Å². The minimum atomic E-state index is -1.00. The molecule has 0 aliphatic carbocycles. The average molecular weight is 232 g/mol. The van der Waals surface area contributed by atoms with Gasteiger partial charge in [0, 0.05) is 5.39 Å². The standard InChI is InChI=1S/C13H12O4/c1-16-9-4-5-10-8(7-9)3-6-11(17-2)12(10)13(14)15/h3-7H,1-2H3,(H,14,15). The summed E-state index contributed by atoms with van der Waals surface area (Å²) < 4.78 is 10.2. The maximum atomic E-state index is 11.2. The predicted octanol–water partition coefficient (Wildman–Crippen LogP) is 2.56. The highest BCUT2D eigenvalue weighted by molar-refractivity contribution is 6.06. The van der Waals surface area contributed by atoms with Crippen molar-refractivity contribution in [2.75, 3.05) is 14.2 Å². The smallest absolute Gasteiger partial charge is 0.340 e. The molecule has 0 saturated heterocycles. The summed E-state index contributed by atoms with van der Waals surface area (Å²) in [5.41, 5.74) is 0.174. The van der Waals surface area contributed by atoms with Gasteiger partial charge in [-0.1, -0.05) is 6.07 Å². The number of carboxylic acids is 1. The van der Waals surface area contributed by atoms with Gasteiger partial charge in [0.15, 0.2) is 0 Å². The molecular formula is C13H12O4. The summed E-state index contributed by atoms with van der Waals surface area (Å²) in [6.07, 6.45) is 0. The van der Waals surface area contributed by atoms with E-state index in [4.69, 9.17) is 9.47 Å². The molecule has 1 N–H and O–H groups in total. The molecule has 0 spiro atoms. The number of carboxylic acid groups (broad SMARTS) is 1. The van der Waals surface area contributed by atoms with E-state index in [0.717, 1.165) is 5.39 Å². The van der Waals surface area contributed by atoms with Crippen LogP contribution in [-0.4, -0.2) is 25.3 Å². The molecular weight excluding hydrogens is 220 g/mol. The van der Waals surface area contributed by atoms with Gasteiger partial charge in [-0.2, -0.15) is 0 Å². The third kappa shape index (κ3) is 1.89. The van der Waals surface area contributed by atoms with Gasteiger partial charge >= 0.3 is 5.97 Å². The zero-order valence-corrected chi connectivity index (χ0v) is 9.56. The van der Waals surface area contributed by atoms with Gasteiger partial charge in [0.25, 0.3) is 0 Å². The molecule has 0 saturated carbocycles. The summed E-state index contributed by atoms with van der Waals surface area (Å²) in [7, 11) is 3.03. The van der Waals surface area contributed by atoms with Crippen molar-refractivity contribution in [3.63, 3.8) is 0 Å². The van der Waals surface area contributed by atoms with Gasteiger partial charge in [0.2, 0.25) is 0 Å². The number of methoxy groups -OCH3 is 2. The molecule has 0 aromatic heterocycles. The summed E-state index contributed by atoms with van der Waals surface area (Å²) in [6.45, 7) is 0. The van der Waals surface area contributed by atoms with E-state index in [2.05, 4.69) is 0 Å². The Bertz CT molecular complexity index is 575. The van der Waals surface area contributed by atoms with Gasteiger partial charge in [0.1, 0.15) is 17.1 Å². The number of ether oxygens (including phenoxy) is 2. The van der Waals surface area contributed by atoms with E-state index >= 15 is 0 Å². The molecule has 0 heterocycles. The van der Waals surface area contributed by atoms with Gasteiger partial charge in [-0.15, -0.1) is 0 Å². The molecule has 2 rings (SSSR count). The first-order valence-electron chi connectivity index (χ1n) is 5.05. The highest BCUT2D eigenvalue weighted by Crippen LogP contribution is 2.30. The second-order valence-electron chi connectivity index (χ2n) is 3.54. The minimum absolute atomic E-state index is 0.174. The van der Waals surface area contributed by atoms with Crippen molar-refractivity contribution in [3.05, 3.63) is 35.9 Å². The van der Waals surface area contributed by atoms with Crippen LogP contribution in [0.5, 0.6) is 11.5 Å². The Kier molecular flexibility index (Phi) is 2.87. The van der Waals surface area contributed by atoms with Crippen molar-refractivity contribution in [2.45, 2.75) is 0 Å². The fourth-order valence-corrected chi connectivity index (χ4v) is 1.81. The van der Waals surface area contributed by atoms with Crippen molar-refractivity contribution >= 4 is 16.7 Å². The third-order valence-corrected chi connectivity index (χ3v) is 2.62. The summed E-state index contributed by atoms with van der Waals surface area (Å²) in [5.74, 6) is 0.0480.